The van der Waals surface area contributed by atoms with E-state index in [4.69, 9.17) is 21.7 Å². The fourth-order valence-electron chi connectivity index (χ4n) is 6.85. The van der Waals surface area contributed by atoms with E-state index in [0.29, 0.717) is 38.5 Å². The molecule has 0 N–H and O–H groups in total. The third-order valence-electron chi connectivity index (χ3n) is 7.97. The van der Waals surface area contributed by atoms with Crippen LogP contribution in [0.4, 0.5) is 5.69 Å². The first kappa shape index (κ1) is 22.8. The van der Waals surface area contributed by atoms with E-state index in [1.54, 1.807) is 30.2 Å². The fraction of sp³-hybridized carbons (Fsp3) is 0.393. The van der Waals surface area contributed by atoms with Crippen LogP contribution in [0.25, 0.3) is 6.08 Å². The van der Waals surface area contributed by atoms with Crippen LogP contribution in [0.1, 0.15) is 44.1 Å². The number of hydrogen-bond donors (Lipinski definition) is 0. The number of carbonyl (C=O) groups is 2. The number of thiocarbonyl (C=S) groups is 1. The second-order valence-corrected chi connectivity index (χ2v) is 12.0. The molecule has 7 heteroatoms. The zero-order chi connectivity index (χ0) is 24.2. The molecule has 1 aliphatic heterocycles. The van der Waals surface area contributed by atoms with Gasteiger partial charge in [-0.25, -0.2) is 0 Å². The summed E-state index contributed by atoms with van der Waals surface area (Å²) in [5, 5.41) is 0. The number of thioether (sulfide) groups is 1. The van der Waals surface area contributed by atoms with Crippen molar-refractivity contribution < 1.29 is 19.1 Å². The SMILES string of the molecule is COc1cc(C=C2SC(=S)N(c3ccccc3)C2=O)ccc1OC(=O)C12CC3CC(CC(C3)C1)C2. The molecule has 35 heavy (non-hydrogen) atoms. The van der Waals surface area contributed by atoms with Gasteiger partial charge in [-0.1, -0.05) is 48.2 Å². The quantitative estimate of drug-likeness (QED) is 0.208. The van der Waals surface area contributed by atoms with Gasteiger partial charge in [0.1, 0.15) is 0 Å². The Kier molecular flexibility index (Phi) is 5.72. The van der Waals surface area contributed by atoms with Crippen LogP contribution in [-0.4, -0.2) is 23.3 Å². The van der Waals surface area contributed by atoms with Crippen LogP contribution in [-0.2, 0) is 9.59 Å². The number of anilines is 1. The molecular weight excluding hydrogens is 478 g/mol. The van der Waals surface area contributed by atoms with E-state index in [1.807, 2.05) is 36.4 Å². The number of amides is 1. The summed E-state index contributed by atoms with van der Waals surface area (Å²) in [4.78, 5) is 28.5. The first-order valence-electron chi connectivity index (χ1n) is 12.2. The molecular formula is C28H27NO4S2. The highest BCUT2D eigenvalue weighted by Crippen LogP contribution is 2.60. The van der Waals surface area contributed by atoms with Crippen molar-refractivity contribution in [1.82, 2.24) is 0 Å². The zero-order valence-corrected chi connectivity index (χ0v) is 21.2. The number of esters is 1. The lowest BCUT2D eigenvalue weighted by Gasteiger charge is -2.55. The van der Waals surface area contributed by atoms with Crippen molar-refractivity contribution in [3.8, 4) is 11.5 Å². The lowest BCUT2D eigenvalue weighted by molar-refractivity contribution is -0.161. The molecule has 0 spiro atoms. The molecule has 0 aromatic heterocycles. The highest BCUT2D eigenvalue weighted by molar-refractivity contribution is 8.27. The summed E-state index contributed by atoms with van der Waals surface area (Å²) in [6.45, 7) is 0. The molecule has 4 bridgehead atoms. The summed E-state index contributed by atoms with van der Waals surface area (Å²) < 4.78 is 12.0. The molecule has 0 unspecified atom stereocenters. The molecule has 4 aliphatic carbocycles. The van der Waals surface area contributed by atoms with E-state index < -0.39 is 0 Å². The minimum absolute atomic E-state index is 0.105. The van der Waals surface area contributed by atoms with Gasteiger partial charge >= 0.3 is 5.97 Å². The van der Waals surface area contributed by atoms with Crippen LogP contribution in [0.3, 0.4) is 0 Å². The average Bonchev–Trinajstić information content (AvgIpc) is 3.12. The molecule has 0 radical (unpaired) electrons. The summed E-state index contributed by atoms with van der Waals surface area (Å²) >= 11 is 6.74. The number of carbonyl (C=O) groups excluding carboxylic acids is 2. The van der Waals surface area contributed by atoms with Crippen molar-refractivity contribution in [1.29, 1.82) is 0 Å². The molecule has 5 nitrogen and oxygen atoms in total. The molecule has 1 heterocycles. The molecule has 5 fully saturated rings. The second kappa shape index (κ2) is 8.79. The monoisotopic (exact) mass is 505 g/mol. The molecule has 0 atom stereocenters. The number of para-hydroxylation sites is 1. The van der Waals surface area contributed by atoms with Crippen molar-refractivity contribution in [2.24, 2.45) is 23.2 Å². The lowest BCUT2D eigenvalue weighted by atomic mass is 9.49. The van der Waals surface area contributed by atoms with Crippen LogP contribution < -0.4 is 14.4 Å². The Hall–Kier alpha value is -2.64. The van der Waals surface area contributed by atoms with Gasteiger partial charge in [-0.3, -0.25) is 14.5 Å². The normalized spacial score (nSPS) is 30.3. The Morgan fingerprint density at radius 1 is 1.03 bits per heavy atom. The van der Waals surface area contributed by atoms with Gasteiger partial charge in [0.2, 0.25) is 0 Å². The van der Waals surface area contributed by atoms with Crippen molar-refractivity contribution >= 4 is 51.9 Å². The number of ether oxygens (including phenoxy) is 2. The van der Waals surface area contributed by atoms with Gasteiger partial charge in [0.25, 0.3) is 5.91 Å². The van der Waals surface area contributed by atoms with Gasteiger partial charge in [-0.15, -0.1) is 0 Å². The van der Waals surface area contributed by atoms with E-state index >= 15 is 0 Å². The molecule has 180 valence electrons. The minimum atomic E-state index is -0.329. The third kappa shape index (κ3) is 4.08. The van der Waals surface area contributed by atoms with Gasteiger partial charge in [-0.2, -0.15) is 0 Å². The molecule has 4 saturated carbocycles. The molecule has 2 aromatic rings. The van der Waals surface area contributed by atoms with Gasteiger partial charge in [0.05, 0.1) is 23.1 Å². The molecule has 2 aromatic carbocycles. The number of rotatable bonds is 5. The van der Waals surface area contributed by atoms with Gasteiger partial charge in [0, 0.05) is 0 Å². The third-order valence-corrected chi connectivity index (χ3v) is 9.27. The highest BCUT2D eigenvalue weighted by atomic mass is 32.2. The molecule has 1 saturated heterocycles. The van der Waals surface area contributed by atoms with E-state index in [0.717, 1.165) is 30.5 Å². The van der Waals surface area contributed by atoms with Crippen LogP contribution in [0.2, 0.25) is 0 Å². The van der Waals surface area contributed by atoms with Gasteiger partial charge in [0.15, 0.2) is 15.8 Å². The predicted molar refractivity (Wildman–Crippen MR) is 141 cm³/mol. The predicted octanol–water partition coefficient (Wildman–Crippen LogP) is 6.22. The lowest BCUT2D eigenvalue weighted by Crippen LogP contribution is -2.51. The number of nitrogens with zero attached hydrogens (tertiary/aromatic N) is 1. The Balaban J connectivity index is 1.21. The maximum atomic E-state index is 13.4. The van der Waals surface area contributed by atoms with E-state index in [1.165, 1.54) is 31.0 Å². The van der Waals surface area contributed by atoms with Crippen LogP contribution in [0.15, 0.2) is 53.4 Å². The van der Waals surface area contributed by atoms with Crippen molar-refractivity contribution in [2.45, 2.75) is 38.5 Å². The fourth-order valence-corrected chi connectivity index (χ4v) is 8.14. The summed E-state index contributed by atoms with van der Waals surface area (Å²) in [5.74, 6) is 2.68. The first-order chi connectivity index (χ1) is 16.9. The van der Waals surface area contributed by atoms with Gasteiger partial charge in [-0.05, 0) is 92.2 Å². The Morgan fingerprint density at radius 2 is 1.69 bits per heavy atom. The van der Waals surface area contributed by atoms with Crippen LogP contribution in [0.5, 0.6) is 11.5 Å². The number of hydrogen-bond acceptors (Lipinski definition) is 6. The van der Waals surface area contributed by atoms with Crippen LogP contribution >= 0.6 is 24.0 Å². The van der Waals surface area contributed by atoms with Crippen molar-refractivity contribution in [2.75, 3.05) is 12.0 Å². The van der Waals surface area contributed by atoms with Crippen molar-refractivity contribution in [3.63, 3.8) is 0 Å². The van der Waals surface area contributed by atoms with Crippen LogP contribution in [0, 0.1) is 23.2 Å². The topological polar surface area (TPSA) is 55.8 Å². The largest absolute Gasteiger partial charge is 0.493 e. The summed E-state index contributed by atoms with van der Waals surface area (Å²) in [7, 11) is 1.57. The highest BCUT2D eigenvalue weighted by Gasteiger charge is 2.55. The second-order valence-electron chi connectivity index (χ2n) is 10.4. The average molecular weight is 506 g/mol. The molecule has 5 aliphatic rings. The Morgan fingerprint density at radius 3 is 2.31 bits per heavy atom. The Bertz CT molecular complexity index is 1200. The minimum Gasteiger partial charge on any atom is -0.493 e. The number of benzene rings is 2. The zero-order valence-electron chi connectivity index (χ0n) is 19.6. The van der Waals surface area contributed by atoms with E-state index in [9.17, 15) is 9.59 Å². The molecule has 7 rings (SSSR count). The smallest absolute Gasteiger partial charge is 0.317 e. The summed E-state index contributed by atoms with van der Waals surface area (Å²) in [6.07, 6.45) is 8.52. The molecule has 1 amide bonds. The summed E-state index contributed by atoms with van der Waals surface area (Å²) in [6, 6.07) is 14.8. The maximum absolute atomic E-state index is 13.4. The van der Waals surface area contributed by atoms with Gasteiger partial charge < -0.3 is 9.47 Å². The summed E-state index contributed by atoms with van der Waals surface area (Å²) in [5.41, 5.74) is 1.21. The maximum Gasteiger partial charge on any atom is 0.317 e. The van der Waals surface area contributed by atoms with E-state index in [2.05, 4.69) is 0 Å². The Labute approximate surface area is 214 Å². The standard InChI is InChI=1S/C28H27NO4S2/c1-32-23-12-17(13-24-25(30)29(27(34)35-24)21-5-3-2-4-6-21)7-8-22(23)33-26(31)28-14-18-9-19(15-28)11-20(10-18)16-28/h2-8,12-13,18-20H,9-11,14-16H2,1H3. The van der Waals surface area contributed by atoms with Crippen molar-refractivity contribution in [3.05, 3.63) is 59.0 Å². The number of methoxy groups -OCH3 is 1. The first-order valence-corrected chi connectivity index (χ1v) is 13.4. The van der Waals surface area contributed by atoms with E-state index in [-0.39, 0.29) is 17.3 Å².